The summed E-state index contributed by atoms with van der Waals surface area (Å²) >= 11 is 0. The molecule has 3 aromatic rings. The first kappa shape index (κ1) is 49.6. The zero-order chi connectivity index (χ0) is 39.8. The SMILES string of the molecule is COC(=O)c1ccc2c(c1)OC[C@H](C)N(C1COC1)C2.COC(=O)c1ccc2c(c1)OC[C@H](C)NC2.C[C@H]1COc2cc(C(=O)NO)ccc2CN1C1COC1.S.S.S. The molecule has 5 aliphatic rings. The van der Waals surface area contributed by atoms with Crippen LogP contribution in [0.1, 0.15) is 68.5 Å². The maximum atomic E-state index is 11.6. The second-order valence-corrected chi connectivity index (χ2v) is 14.5. The molecule has 2 fully saturated rings. The zero-order valence-corrected chi connectivity index (χ0v) is 37.1. The number of esters is 2. The van der Waals surface area contributed by atoms with Crippen molar-refractivity contribution >= 4 is 58.3 Å². The van der Waals surface area contributed by atoms with Gasteiger partial charge in [-0.05, 0) is 57.2 Å². The van der Waals surface area contributed by atoms with E-state index in [4.69, 9.17) is 33.6 Å². The largest absolute Gasteiger partial charge is 0.492 e. The summed E-state index contributed by atoms with van der Waals surface area (Å²) in [4.78, 5) is 39.1. The van der Waals surface area contributed by atoms with Crippen molar-refractivity contribution in [1.29, 1.82) is 0 Å². The molecule has 5 heterocycles. The van der Waals surface area contributed by atoms with E-state index >= 15 is 0 Å². The van der Waals surface area contributed by atoms with E-state index in [9.17, 15) is 14.4 Å². The highest BCUT2D eigenvalue weighted by atomic mass is 32.1. The summed E-state index contributed by atoms with van der Waals surface area (Å²) in [5.41, 5.74) is 6.30. The van der Waals surface area contributed by atoms with Gasteiger partial charge >= 0.3 is 11.9 Å². The number of carbonyl (C=O) groups excluding carboxylic acids is 3. The predicted octanol–water partition coefficient (Wildman–Crippen LogP) is 3.92. The third-order valence-corrected chi connectivity index (χ3v) is 10.5. The second kappa shape index (κ2) is 23.3. The molecule has 2 saturated heterocycles. The minimum Gasteiger partial charge on any atom is -0.492 e. The van der Waals surface area contributed by atoms with Crippen LogP contribution in [-0.4, -0.2) is 124 Å². The van der Waals surface area contributed by atoms with Gasteiger partial charge in [0.15, 0.2) is 0 Å². The Morgan fingerprint density at radius 3 is 1.46 bits per heavy atom. The van der Waals surface area contributed by atoms with Crippen molar-refractivity contribution in [1.82, 2.24) is 20.6 Å². The van der Waals surface area contributed by atoms with Crippen LogP contribution in [0, 0.1) is 0 Å². The Labute approximate surface area is 366 Å². The maximum absolute atomic E-state index is 11.6. The number of hydroxylamine groups is 1. The summed E-state index contributed by atoms with van der Waals surface area (Å²) in [6.07, 6.45) is 0. The lowest BCUT2D eigenvalue weighted by Crippen LogP contribution is -2.52. The fourth-order valence-electron chi connectivity index (χ4n) is 6.85. The van der Waals surface area contributed by atoms with Crippen molar-refractivity contribution in [3.05, 3.63) is 88.0 Å². The van der Waals surface area contributed by atoms with Crippen LogP contribution in [0.15, 0.2) is 54.6 Å². The number of carbonyl (C=O) groups is 3. The molecule has 3 N–H and O–H groups in total. The number of amides is 1. The van der Waals surface area contributed by atoms with Gasteiger partial charge < -0.3 is 38.5 Å². The van der Waals surface area contributed by atoms with E-state index in [1.807, 2.05) is 18.2 Å². The molecule has 0 saturated carbocycles. The summed E-state index contributed by atoms with van der Waals surface area (Å²) in [5.74, 6) is 1.05. The molecule has 8 rings (SSSR count). The van der Waals surface area contributed by atoms with Crippen molar-refractivity contribution < 1.29 is 52.7 Å². The Bertz CT molecular complexity index is 1770. The zero-order valence-electron chi connectivity index (χ0n) is 34.1. The number of hydrogen-bond donors (Lipinski definition) is 3. The van der Waals surface area contributed by atoms with Gasteiger partial charge in [0.25, 0.3) is 5.91 Å². The first-order valence-corrected chi connectivity index (χ1v) is 18.9. The lowest BCUT2D eigenvalue weighted by molar-refractivity contribution is -0.0826. The Hall–Kier alpha value is -3.72. The molecule has 0 aliphatic carbocycles. The van der Waals surface area contributed by atoms with Gasteiger partial charge in [-0.15, -0.1) is 0 Å². The van der Waals surface area contributed by atoms with Crippen molar-refractivity contribution in [2.45, 2.75) is 70.6 Å². The lowest BCUT2D eigenvalue weighted by atomic mass is 10.1. The molecular weight excluding hydrogens is 821 g/mol. The van der Waals surface area contributed by atoms with Gasteiger partial charge in [-0.25, -0.2) is 15.1 Å². The topological polar surface area (TPSA) is 167 Å². The molecule has 1 amide bonds. The molecule has 3 atom stereocenters. The predicted molar refractivity (Wildman–Crippen MR) is 234 cm³/mol. The van der Waals surface area contributed by atoms with Crippen molar-refractivity contribution in [3.63, 3.8) is 0 Å². The van der Waals surface area contributed by atoms with Crippen LogP contribution in [0.4, 0.5) is 0 Å². The number of fused-ring (bicyclic) bond motifs is 3. The first-order chi connectivity index (χ1) is 27.1. The molecule has 0 radical (unpaired) electrons. The van der Waals surface area contributed by atoms with E-state index < -0.39 is 5.91 Å². The van der Waals surface area contributed by atoms with Gasteiger partial charge in [0.1, 0.15) is 37.1 Å². The molecule has 59 heavy (non-hydrogen) atoms. The highest BCUT2D eigenvalue weighted by Crippen LogP contribution is 2.31. The van der Waals surface area contributed by atoms with Crippen LogP contribution in [-0.2, 0) is 38.6 Å². The summed E-state index contributed by atoms with van der Waals surface area (Å²) in [6.45, 7) is 13.6. The first-order valence-electron chi connectivity index (χ1n) is 18.9. The van der Waals surface area contributed by atoms with E-state index in [-0.39, 0.29) is 52.4 Å². The molecule has 0 bridgehead atoms. The van der Waals surface area contributed by atoms with E-state index in [1.165, 1.54) is 14.2 Å². The maximum Gasteiger partial charge on any atom is 0.337 e. The number of methoxy groups -OCH3 is 2. The smallest absolute Gasteiger partial charge is 0.337 e. The average molecular weight is 879 g/mol. The minimum absolute atomic E-state index is 0. The fourth-order valence-corrected chi connectivity index (χ4v) is 6.85. The average Bonchev–Trinajstić information content (AvgIpc) is 3.55. The summed E-state index contributed by atoms with van der Waals surface area (Å²) in [6, 6.07) is 18.0. The van der Waals surface area contributed by atoms with Gasteiger partial charge in [-0.3, -0.25) is 19.8 Å². The summed E-state index contributed by atoms with van der Waals surface area (Å²) < 4.78 is 37.2. The molecule has 0 unspecified atom stereocenters. The Balaban J connectivity index is 0.000000232. The molecule has 0 aromatic heterocycles. The Morgan fingerprint density at radius 2 is 1.03 bits per heavy atom. The normalized spacial score (nSPS) is 20.9. The van der Waals surface area contributed by atoms with Gasteiger partial charge in [0.05, 0.1) is 63.9 Å². The van der Waals surface area contributed by atoms with Gasteiger partial charge in [0.2, 0.25) is 0 Å². The van der Waals surface area contributed by atoms with Crippen LogP contribution >= 0.6 is 40.5 Å². The number of hydrogen-bond acceptors (Lipinski definition) is 14. The summed E-state index contributed by atoms with van der Waals surface area (Å²) in [5, 5.41) is 12.0. The fraction of sp³-hybridized carbons (Fsp3) is 0.488. The van der Waals surface area contributed by atoms with E-state index in [1.54, 1.807) is 41.9 Å². The van der Waals surface area contributed by atoms with Gasteiger partial charge in [0, 0.05) is 60.0 Å². The highest BCUT2D eigenvalue weighted by Gasteiger charge is 2.34. The molecular formula is C41H58N4O11S3. The monoisotopic (exact) mass is 878 g/mol. The molecule has 15 nitrogen and oxygen atoms in total. The van der Waals surface area contributed by atoms with Crippen LogP contribution in [0.2, 0.25) is 0 Å². The van der Waals surface area contributed by atoms with E-state index in [0.717, 1.165) is 74.3 Å². The Morgan fingerprint density at radius 1 is 0.627 bits per heavy atom. The summed E-state index contributed by atoms with van der Waals surface area (Å²) in [7, 11) is 2.76. The third-order valence-electron chi connectivity index (χ3n) is 10.5. The van der Waals surface area contributed by atoms with E-state index in [0.29, 0.717) is 72.5 Å². The third kappa shape index (κ3) is 12.4. The van der Waals surface area contributed by atoms with Crippen LogP contribution in [0.5, 0.6) is 17.2 Å². The number of ether oxygens (including phenoxy) is 7. The Kier molecular flexibility index (Phi) is 19.6. The number of benzene rings is 3. The van der Waals surface area contributed by atoms with Crippen molar-refractivity contribution in [2.24, 2.45) is 0 Å². The molecule has 326 valence electrons. The molecule has 0 spiro atoms. The van der Waals surface area contributed by atoms with Gasteiger partial charge in [-0.2, -0.15) is 40.5 Å². The molecule has 3 aromatic carbocycles. The van der Waals surface area contributed by atoms with Crippen molar-refractivity contribution in [3.8, 4) is 17.2 Å². The lowest BCUT2D eigenvalue weighted by Gasteiger charge is -2.39. The van der Waals surface area contributed by atoms with Crippen LogP contribution in [0.3, 0.4) is 0 Å². The molecule has 18 heteroatoms. The quantitative estimate of drug-likeness (QED) is 0.192. The van der Waals surface area contributed by atoms with Gasteiger partial charge in [-0.1, -0.05) is 18.2 Å². The second-order valence-electron chi connectivity index (χ2n) is 14.5. The number of nitrogens with one attached hydrogen (secondary N) is 2. The number of nitrogens with zero attached hydrogens (tertiary/aromatic N) is 2. The minimum atomic E-state index is -0.530. The van der Waals surface area contributed by atoms with Crippen molar-refractivity contribution in [2.75, 3.05) is 60.5 Å². The van der Waals surface area contributed by atoms with E-state index in [2.05, 4.69) is 40.6 Å². The highest BCUT2D eigenvalue weighted by molar-refractivity contribution is 7.59. The number of rotatable bonds is 5. The van der Waals surface area contributed by atoms with Crippen LogP contribution < -0.4 is 25.0 Å². The molecule has 5 aliphatic heterocycles. The standard InChI is InChI=1S/C15H19NO4.C14H18N2O4.C12H15NO3.3H2S/c1-10-7-20-14-5-11(15(17)18-2)3-4-12(14)6-16(10)13-8-19-9-13;1-9-6-20-13-4-10(14(17)15-18)2-3-11(13)5-16(9)12-7-19-8-12;1-8-7-16-11-5-9(12(14)15-2)3-4-10(11)6-13-8;;;/h3-5,10,13H,6-9H2,1-2H3;2-4,9,12,18H,5-8H2,1H3,(H,15,17);3-5,8,13H,6-7H2,1-2H3;3*1H2/t10-;9-;8-;;;/m000.../s1. The van der Waals surface area contributed by atoms with Crippen LogP contribution in [0.25, 0.3) is 0 Å².